The van der Waals surface area contributed by atoms with Crippen LogP contribution in [0, 0.1) is 13.8 Å². The van der Waals surface area contributed by atoms with Crippen molar-refractivity contribution in [1.29, 1.82) is 0 Å². The molecule has 0 heterocycles. The molecule has 0 bridgehead atoms. The molecule has 2 heteroatoms. The maximum atomic E-state index is 5.77. The van der Waals surface area contributed by atoms with Crippen LogP contribution in [0.4, 0.5) is 5.69 Å². The average Bonchev–Trinajstić information content (AvgIpc) is 2.01. The summed E-state index contributed by atoms with van der Waals surface area (Å²) in [5, 5.41) is 0. The van der Waals surface area contributed by atoms with E-state index < -0.39 is 0 Å². The highest BCUT2D eigenvalue weighted by atomic mass is 14.8. The maximum Gasteiger partial charge on any atom is 0.0996 e. The van der Waals surface area contributed by atoms with Gasteiger partial charge in [-0.25, -0.2) is 4.99 Å². The summed E-state index contributed by atoms with van der Waals surface area (Å²) in [7, 11) is 0. The van der Waals surface area contributed by atoms with Crippen LogP contribution in [-0.4, -0.2) is 5.84 Å². The van der Waals surface area contributed by atoms with Crippen LogP contribution in [-0.2, 0) is 0 Å². The van der Waals surface area contributed by atoms with E-state index >= 15 is 0 Å². The summed E-state index contributed by atoms with van der Waals surface area (Å²) in [6, 6.07) is 6.24. The lowest BCUT2D eigenvalue weighted by Crippen LogP contribution is -2.09. The molecule has 1 aromatic carbocycles. The maximum absolute atomic E-state index is 5.77. The highest BCUT2D eigenvalue weighted by Gasteiger charge is 1.95. The monoisotopic (exact) mass is 190 g/mol. The Morgan fingerprint density at radius 3 is 2.29 bits per heavy atom. The molecule has 0 saturated heterocycles. The van der Waals surface area contributed by atoms with E-state index in [1.165, 1.54) is 11.1 Å². The Bertz CT molecular complexity index is 320. The van der Waals surface area contributed by atoms with Crippen LogP contribution >= 0.6 is 0 Å². The first-order chi connectivity index (χ1) is 6.61. The molecule has 0 aliphatic rings. The third-order valence-corrected chi connectivity index (χ3v) is 1.99. The SMILES string of the molecule is CCCC(N)=Nc1cc(C)cc(C)c1. The van der Waals surface area contributed by atoms with Gasteiger partial charge in [0.15, 0.2) is 0 Å². The molecular formula is C12H18N2. The fraction of sp³-hybridized carbons (Fsp3) is 0.417. The fourth-order valence-electron chi connectivity index (χ4n) is 1.49. The molecule has 1 aromatic rings. The molecule has 1 rings (SSSR count). The molecule has 0 aliphatic carbocycles. The molecule has 0 unspecified atom stereocenters. The van der Waals surface area contributed by atoms with Crippen molar-refractivity contribution < 1.29 is 0 Å². The summed E-state index contributed by atoms with van der Waals surface area (Å²) >= 11 is 0. The normalized spacial score (nSPS) is 11.8. The molecule has 0 atom stereocenters. The molecule has 76 valence electrons. The molecular weight excluding hydrogens is 172 g/mol. The van der Waals surface area contributed by atoms with Gasteiger partial charge in [-0.05, 0) is 43.5 Å². The molecule has 0 aliphatic heterocycles. The van der Waals surface area contributed by atoms with Crippen molar-refractivity contribution in [3.63, 3.8) is 0 Å². The minimum absolute atomic E-state index is 0.720. The largest absolute Gasteiger partial charge is 0.387 e. The van der Waals surface area contributed by atoms with Crippen molar-refractivity contribution in [2.24, 2.45) is 10.7 Å². The number of aliphatic imine (C=N–C) groups is 1. The van der Waals surface area contributed by atoms with Crippen molar-refractivity contribution in [1.82, 2.24) is 0 Å². The van der Waals surface area contributed by atoms with Crippen LogP contribution in [0.5, 0.6) is 0 Å². The van der Waals surface area contributed by atoms with Crippen LogP contribution < -0.4 is 5.73 Å². The van der Waals surface area contributed by atoms with Gasteiger partial charge in [-0.15, -0.1) is 0 Å². The number of rotatable bonds is 3. The van der Waals surface area contributed by atoms with E-state index in [4.69, 9.17) is 5.73 Å². The number of hydrogen-bond donors (Lipinski definition) is 1. The summed E-state index contributed by atoms with van der Waals surface area (Å²) < 4.78 is 0. The van der Waals surface area contributed by atoms with Gasteiger partial charge >= 0.3 is 0 Å². The quantitative estimate of drug-likeness (QED) is 0.577. The first kappa shape index (κ1) is 10.8. The minimum atomic E-state index is 0.720. The van der Waals surface area contributed by atoms with Gasteiger partial charge in [0.2, 0.25) is 0 Å². The molecule has 0 spiro atoms. The Hall–Kier alpha value is -1.31. The smallest absolute Gasteiger partial charge is 0.0996 e. The van der Waals surface area contributed by atoms with E-state index in [9.17, 15) is 0 Å². The van der Waals surface area contributed by atoms with Gasteiger partial charge in [0.25, 0.3) is 0 Å². The van der Waals surface area contributed by atoms with Gasteiger partial charge < -0.3 is 5.73 Å². The Morgan fingerprint density at radius 2 is 1.79 bits per heavy atom. The molecule has 0 radical (unpaired) electrons. The zero-order chi connectivity index (χ0) is 10.6. The number of nitrogens with two attached hydrogens (primary N) is 1. The fourth-order valence-corrected chi connectivity index (χ4v) is 1.49. The second-order valence-electron chi connectivity index (χ2n) is 3.70. The minimum Gasteiger partial charge on any atom is -0.387 e. The topological polar surface area (TPSA) is 38.4 Å². The highest BCUT2D eigenvalue weighted by molar-refractivity contribution is 5.83. The van der Waals surface area contributed by atoms with Gasteiger partial charge in [0.1, 0.15) is 0 Å². The third-order valence-electron chi connectivity index (χ3n) is 1.99. The Labute approximate surface area is 85.9 Å². The van der Waals surface area contributed by atoms with Crippen molar-refractivity contribution in [2.75, 3.05) is 0 Å². The molecule has 0 fully saturated rings. The van der Waals surface area contributed by atoms with Crippen LogP contribution in [0.25, 0.3) is 0 Å². The lowest BCUT2D eigenvalue weighted by atomic mass is 10.1. The molecule has 2 nitrogen and oxygen atoms in total. The predicted octanol–water partition coefficient (Wildman–Crippen LogP) is 3.09. The average molecular weight is 190 g/mol. The van der Waals surface area contributed by atoms with Gasteiger partial charge in [0, 0.05) is 6.42 Å². The predicted molar refractivity (Wildman–Crippen MR) is 62.1 cm³/mol. The lowest BCUT2D eigenvalue weighted by Gasteiger charge is -2.01. The third kappa shape index (κ3) is 3.21. The van der Waals surface area contributed by atoms with E-state index in [2.05, 4.69) is 44.0 Å². The number of benzene rings is 1. The van der Waals surface area contributed by atoms with Crippen LogP contribution in [0.1, 0.15) is 30.9 Å². The molecule has 14 heavy (non-hydrogen) atoms. The summed E-state index contributed by atoms with van der Waals surface area (Å²) in [5.74, 6) is 0.720. The number of aryl methyl sites for hydroxylation is 2. The summed E-state index contributed by atoms with van der Waals surface area (Å²) in [5.41, 5.74) is 9.19. The van der Waals surface area contributed by atoms with E-state index in [1.807, 2.05) is 0 Å². The van der Waals surface area contributed by atoms with Crippen LogP contribution in [0.3, 0.4) is 0 Å². The second kappa shape index (κ2) is 4.80. The Balaban J connectivity index is 2.90. The van der Waals surface area contributed by atoms with Gasteiger partial charge in [-0.2, -0.15) is 0 Å². The summed E-state index contributed by atoms with van der Waals surface area (Å²) in [4.78, 5) is 4.36. The van der Waals surface area contributed by atoms with E-state index in [0.29, 0.717) is 0 Å². The van der Waals surface area contributed by atoms with Crippen molar-refractivity contribution in [3.8, 4) is 0 Å². The number of hydrogen-bond acceptors (Lipinski definition) is 1. The number of nitrogens with zero attached hydrogens (tertiary/aromatic N) is 1. The van der Waals surface area contributed by atoms with Gasteiger partial charge in [-0.3, -0.25) is 0 Å². The Kier molecular flexibility index (Phi) is 3.69. The van der Waals surface area contributed by atoms with E-state index in [0.717, 1.165) is 24.4 Å². The molecule has 0 aromatic heterocycles. The molecule has 0 amide bonds. The van der Waals surface area contributed by atoms with E-state index in [1.54, 1.807) is 0 Å². The van der Waals surface area contributed by atoms with Crippen molar-refractivity contribution >= 4 is 11.5 Å². The standard InChI is InChI=1S/C12H18N2/c1-4-5-12(13)14-11-7-9(2)6-10(3)8-11/h6-8H,4-5H2,1-3H3,(H2,13,14). The van der Waals surface area contributed by atoms with Gasteiger partial charge in [0.05, 0.1) is 11.5 Å². The van der Waals surface area contributed by atoms with E-state index in [-0.39, 0.29) is 0 Å². The van der Waals surface area contributed by atoms with Crippen LogP contribution in [0.2, 0.25) is 0 Å². The highest BCUT2D eigenvalue weighted by Crippen LogP contribution is 2.17. The van der Waals surface area contributed by atoms with Crippen molar-refractivity contribution in [2.45, 2.75) is 33.6 Å². The first-order valence-electron chi connectivity index (χ1n) is 5.03. The summed E-state index contributed by atoms with van der Waals surface area (Å²) in [6.07, 6.45) is 1.91. The Morgan fingerprint density at radius 1 is 1.21 bits per heavy atom. The van der Waals surface area contributed by atoms with Crippen LogP contribution in [0.15, 0.2) is 23.2 Å². The zero-order valence-corrected chi connectivity index (χ0v) is 9.17. The zero-order valence-electron chi connectivity index (χ0n) is 9.17. The number of amidine groups is 1. The second-order valence-corrected chi connectivity index (χ2v) is 3.70. The molecule has 0 saturated carbocycles. The first-order valence-corrected chi connectivity index (χ1v) is 5.03. The molecule has 2 N–H and O–H groups in total. The van der Waals surface area contributed by atoms with Crippen molar-refractivity contribution in [3.05, 3.63) is 29.3 Å². The summed E-state index contributed by atoms with van der Waals surface area (Å²) in [6.45, 7) is 6.24. The van der Waals surface area contributed by atoms with Gasteiger partial charge in [-0.1, -0.05) is 13.0 Å². The lowest BCUT2D eigenvalue weighted by molar-refractivity contribution is 0.983.